The van der Waals surface area contributed by atoms with Gasteiger partial charge in [-0.05, 0) is 18.2 Å². The number of aliphatic hydroxyl groups is 1. The van der Waals surface area contributed by atoms with Crippen molar-refractivity contribution in [3.63, 3.8) is 0 Å². The van der Waals surface area contributed by atoms with E-state index >= 15 is 0 Å². The fraction of sp³-hybridized carbons (Fsp3) is 0.250. The van der Waals surface area contributed by atoms with Gasteiger partial charge in [-0.15, -0.1) is 0 Å². The zero-order chi connectivity index (χ0) is 10.1. The zero-order valence-corrected chi connectivity index (χ0v) is 7.98. The lowest BCUT2D eigenvalue weighted by Gasteiger charge is -2.14. The Balaban J connectivity index is 3.16. The predicted molar refractivity (Wildman–Crippen MR) is 45.1 cm³/mol. The first-order chi connectivity index (χ1) is 5.97. The minimum absolute atomic E-state index is 0.0495. The Hall–Kier alpha value is -0.550. The van der Waals surface area contributed by atoms with Crippen LogP contribution in [0.15, 0.2) is 22.7 Å². The Morgan fingerprint density at radius 2 is 2.00 bits per heavy atom. The quantitative estimate of drug-likeness (QED) is 0.861. The standard InChI is InChI=1S/C8H6BrF3O/c9-7-3-5(10)1-2-6(7)8(11,12)4-13/h1-3,13H,4H2. The zero-order valence-electron chi connectivity index (χ0n) is 6.40. The normalized spacial score (nSPS) is 11.8. The Bertz CT molecular complexity index is 314. The first-order valence-corrected chi connectivity index (χ1v) is 4.21. The summed E-state index contributed by atoms with van der Waals surface area (Å²) >= 11 is 2.79. The summed E-state index contributed by atoms with van der Waals surface area (Å²) in [6.45, 7) is -1.29. The van der Waals surface area contributed by atoms with Crippen molar-refractivity contribution in [2.45, 2.75) is 5.92 Å². The van der Waals surface area contributed by atoms with Gasteiger partial charge in [-0.25, -0.2) is 4.39 Å². The highest BCUT2D eigenvalue weighted by atomic mass is 79.9. The van der Waals surface area contributed by atoms with E-state index < -0.39 is 23.9 Å². The highest BCUT2D eigenvalue weighted by Gasteiger charge is 2.32. The van der Waals surface area contributed by atoms with Crippen molar-refractivity contribution in [2.24, 2.45) is 0 Å². The van der Waals surface area contributed by atoms with Gasteiger partial charge in [0, 0.05) is 10.0 Å². The number of hydrogen-bond acceptors (Lipinski definition) is 1. The van der Waals surface area contributed by atoms with Crippen molar-refractivity contribution in [1.29, 1.82) is 0 Å². The van der Waals surface area contributed by atoms with Gasteiger partial charge in [-0.2, -0.15) is 8.78 Å². The van der Waals surface area contributed by atoms with E-state index in [0.29, 0.717) is 0 Å². The molecule has 1 N–H and O–H groups in total. The third-order valence-corrected chi connectivity index (χ3v) is 2.18. The van der Waals surface area contributed by atoms with Gasteiger partial charge in [0.1, 0.15) is 12.4 Å². The Morgan fingerprint density at radius 3 is 2.46 bits per heavy atom. The summed E-state index contributed by atoms with van der Waals surface area (Å²) in [4.78, 5) is 0. The van der Waals surface area contributed by atoms with Crippen LogP contribution in [0, 0.1) is 5.82 Å². The maximum Gasteiger partial charge on any atom is 0.296 e. The molecule has 0 saturated heterocycles. The van der Waals surface area contributed by atoms with Crippen molar-refractivity contribution in [3.05, 3.63) is 34.1 Å². The molecule has 0 aromatic heterocycles. The second kappa shape index (κ2) is 3.67. The van der Waals surface area contributed by atoms with E-state index in [1.54, 1.807) is 0 Å². The molecule has 13 heavy (non-hydrogen) atoms. The van der Waals surface area contributed by atoms with Crippen LogP contribution in [0.4, 0.5) is 13.2 Å². The molecule has 0 aliphatic carbocycles. The molecule has 0 atom stereocenters. The average Bonchev–Trinajstić information content (AvgIpc) is 2.03. The van der Waals surface area contributed by atoms with Crippen molar-refractivity contribution in [2.75, 3.05) is 6.61 Å². The lowest BCUT2D eigenvalue weighted by atomic mass is 10.1. The van der Waals surface area contributed by atoms with Crippen LogP contribution in [0.3, 0.4) is 0 Å². The lowest BCUT2D eigenvalue weighted by molar-refractivity contribution is -0.0562. The van der Waals surface area contributed by atoms with Gasteiger partial charge in [0.15, 0.2) is 0 Å². The lowest BCUT2D eigenvalue weighted by Crippen LogP contribution is -2.19. The first-order valence-electron chi connectivity index (χ1n) is 3.41. The van der Waals surface area contributed by atoms with Crippen LogP contribution in [0.2, 0.25) is 0 Å². The fourth-order valence-electron chi connectivity index (χ4n) is 0.871. The van der Waals surface area contributed by atoms with Crippen molar-refractivity contribution in [1.82, 2.24) is 0 Å². The topological polar surface area (TPSA) is 20.2 Å². The third-order valence-electron chi connectivity index (χ3n) is 1.52. The van der Waals surface area contributed by atoms with E-state index in [4.69, 9.17) is 5.11 Å². The summed E-state index contributed by atoms with van der Waals surface area (Å²) in [6, 6.07) is 2.79. The summed E-state index contributed by atoms with van der Waals surface area (Å²) in [6.07, 6.45) is 0. The average molecular weight is 255 g/mol. The molecule has 0 fully saturated rings. The SMILES string of the molecule is OCC(F)(F)c1ccc(F)cc1Br. The van der Waals surface area contributed by atoms with E-state index in [0.717, 1.165) is 18.2 Å². The van der Waals surface area contributed by atoms with Crippen LogP contribution < -0.4 is 0 Å². The van der Waals surface area contributed by atoms with Crippen LogP contribution in [-0.4, -0.2) is 11.7 Å². The highest BCUT2D eigenvalue weighted by molar-refractivity contribution is 9.10. The number of rotatable bonds is 2. The van der Waals surface area contributed by atoms with Crippen molar-refractivity contribution in [3.8, 4) is 0 Å². The summed E-state index contributed by atoms with van der Waals surface area (Å²) in [5.41, 5.74) is -0.420. The molecule has 0 spiro atoms. The molecule has 1 nitrogen and oxygen atoms in total. The molecule has 0 bridgehead atoms. The minimum atomic E-state index is -3.34. The molecule has 72 valence electrons. The van der Waals surface area contributed by atoms with Crippen LogP contribution in [0.1, 0.15) is 5.56 Å². The first kappa shape index (κ1) is 10.5. The maximum atomic E-state index is 12.9. The summed E-state index contributed by atoms with van der Waals surface area (Å²) in [5.74, 6) is -3.95. The number of alkyl halides is 2. The molecule has 1 aromatic carbocycles. The van der Waals surface area contributed by atoms with Gasteiger partial charge in [0.2, 0.25) is 0 Å². The Labute approximate surface area is 81.3 Å². The monoisotopic (exact) mass is 254 g/mol. The Kier molecular flexibility index (Phi) is 2.98. The fourth-order valence-corrected chi connectivity index (χ4v) is 1.51. The van der Waals surface area contributed by atoms with Gasteiger partial charge in [0.05, 0.1) is 0 Å². The molecule has 0 unspecified atom stereocenters. The largest absolute Gasteiger partial charge is 0.390 e. The molecule has 0 amide bonds. The highest BCUT2D eigenvalue weighted by Crippen LogP contribution is 2.33. The number of halogens is 4. The van der Waals surface area contributed by atoms with Gasteiger partial charge in [-0.3, -0.25) is 0 Å². The second-order valence-corrected chi connectivity index (χ2v) is 3.34. The third kappa shape index (κ3) is 2.22. The number of aliphatic hydroxyl groups excluding tert-OH is 1. The van der Waals surface area contributed by atoms with Crippen LogP contribution >= 0.6 is 15.9 Å². The second-order valence-electron chi connectivity index (χ2n) is 2.49. The number of benzene rings is 1. The molecule has 0 aliphatic rings. The molecular weight excluding hydrogens is 249 g/mol. The molecule has 5 heteroatoms. The van der Waals surface area contributed by atoms with Crippen LogP contribution in [0.5, 0.6) is 0 Å². The maximum absolute atomic E-state index is 12.9. The van der Waals surface area contributed by atoms with Gasteiger partial charge in [-0.1, -0.05) is 15.9 Å². The van der Waals surface area contributed by atoms with Crippen molar-refractivity contribution < 1.29 is 18.3 Å². The number of hydrogen-bond donors (Lipinski definition) is 1. The van der Waals surface area contributed by atoms with E-state index in [1.165, 1.54) is 0 Å². The molecule has 0 radical (unpaired) electrons. The van der Waals surface area contributed by atoms with E-state index in [2.05, 4.69) is 15.9 Å². The smallest absolute Gasteiger partial charge is 0.296 e. The van der Waals surface area contributed by atoms with Gasteiger partial charge >= 0.3 is 0 Å². The molecule has 1 rings (SSSR count). The molecular formula is C8H6BrF3O. The molecule has 0 saturated carbocycles. The van der Waals surface area contributed by atoms with Crippen LogP contribution in [-0.2, 0) is 5.92 Å². The van der Waals surface area contributed by atoms with E-state index in [1.807, 2.05) is 0 Å². The van der Waals surface area contributed by atoms with E-state index in [-0.39, 0.29) is 4.47 Å². The van der Waals surface area contributed by atoms with Crippen molar-refractivity contribution >= 4 is 15.9 Å². The van der Waals surface area contributed by atoms with E-state index in [9.17, 15) is 13.2 Å². The summed E-state index contributed by atoms with van der Waals surface area (Å²) < 4.78 is 38.2. The summed E-state index contributed by atoms with van der Waals surface area (Å²) in [7, 11) is 0. The van der Waals surface area contributed by atoms with Gasteiger partial charge in [0.25, 0.3) is 5.92 Å². The molecule has 1 aromatic rings. The molecule has 0 heterocycles. The predicted octanol–water partition coefficient (Wildman–Crippen LogP) is 2.67. The van der Waals surface area contributed by atoms with Gasteiger partial charge < -0.3 is 5.11 Å². The molecule has 0 aliphatic heterocycles. The minimum Gasteiger partial charge on any atom is -0.390 e. The summed E-state index contributed by atoms with van der Waals surface area (Å²) in [5, 5.41) is 8.38. The van der Waals surface area contributed by atoms with Crippen LogP contribution in [0.25, 0.3) is 0 Å². The Morgan fingerprint density at radius 1 is 1.38 bits per heavy atom.